The molecule has 0 aromatic carbocycles. The van der Waals surface area contributed by atoms with Gasteiger partial charge in [-0.15, -0.1) is 0 Å². The fourth-order valence-electron chi connectivity index (χ4n) is 2.33. The molecule has 5 heteroatoms. The highest BCUT2D eigenvalue weighted by atomic mass is 16.4. The van der Waals surface area contributed by atoms with Gasteiger partial charge in [0, 0.05) is 24.4 Å². The molecule has 0 amide bonds. The van der Waals surface area contributed by atoms with Crippen LogP contribution in [-0.4, -0.2) is 34.0 Å². The van der Waals surface area contributed by atoms with Crippen LogP contribution in [-0.2, 0) is 6.54 Å². The number of hydrogen-bond donors (Lipinski definition) is 2. The number of rotatable bonds is 3. The van der Waals surface area contributed by atoms with E-state index in [4.69, 9.17) is 10.9 Å². The Balaban J connectivity index is 1.91. The van der Waals surface area contributed by atoms with Crippen LogP contribution in [0, 0.1) is 5.41 Å². The van der Waals surface area contributed by atoms with E-state index in [0.29, 0.717) is 5.84 Å². The first-order chi connectivity index (χ1) is 8.64. The normalized spacial score (nSPS) is 20.8. The Labute approximate surface area is 107 Å². The molecule has 1 fully saturated rings. The third-order valence-corrected chi connectivity index (χ3v) is 3.81. The highest BCUT2D eigenvalue weighted by molar-refractivity contribution is 5.85. The summed E-state index contributed by atoms with van der Waals surface area (Å²) in [5.74, 6) is 0.350. The van der Waals surface area contributed by atoms with Crippen LogP contribution < -0.4 is 5.73 Å². The van der Waals surface area contributed by atoms with E-state index in [0.717, 1.165) is 32.5 Å². The van der Waals surface area contributed by atoms with Gasteiger partial charge < -0.3 is 10.9 Å². The SMILES string of the molecule is CC1(/C(N)=N/O)CCN(Cc2cccnc2)CC1. The van der Waals surface area contributed by atoms with Crippen molar-refractivity contribution in [3.63, 3.8) is 0 Å². The Morgan fingerprint density at radius 1 is 1.56 bits per heavy atom. The van der Waals surface area contributed by atoms with Gasteiger partial charge in [-0.1, -0.05) is 18.1 Å². The molecule has 1 aromatic rings. The molecule has 2 rings (SSSR count). The van der Waals surface area contributed by atoms with E-state index in [1.807, 2.05) is 12.3 Å². The average molecular weight is 248 g/mol. The number of aromatic nitrogens is 1. The Kier molecular flexibility index (Phi) is 3.81. The van der Waals surface area contributed by atoms with E-state index in [-0.39, 0.29) is 5.41 Å². The lowest BCUT2D eigenvalue weighted by Crippen LogP contribution is -2.45. The van der Waals surface area contributed by atoms with Crippen LogP contribution in [0.3, 0.4) is 0 Å². The van der Waals surface area contributed by atoms with Gasteiger partial charge in [0.25, 0.3) is 0 Å². The molecule has 0 unspecified atom stereocenters. The quantitative estimate of drug-likeness (QED) is 0.367. The maximum absolute atomic E-state index is 8.79. The van der Waals surface area contributed by atoms with Crippen molar-refractivity contribution in [3.8, 4) is 0 Å². The minimum Gasteiger partial charge on any atom is -0.409 e. The lowest BCUT2D eigenvalue weighted by Gasteiger charge is -2.38. The summed E-state index contributed by atoms with van der Waals surface area (Å²) < 4.78 is 0. The van der Waals surface area contributed by atoms with Crippen LogP contribution in [0.1, 0.15) is 25.3 Å². The zero-order chi connectivity index (χ0) is 13.0. The van der Waals surface area contributed by atoms with Gasteiger partial charge in [0.15, 0.2) is 0 Å². The molecule has 18 heavy (non-hydrogen) atoms. The number of hydrogen-bond acceptors (Lipinski definition) is 4. The molecule has 3 N–H and O–H groups in total. The van der Waals surface area contributed by atoms with Gasteiger partial charge in [0.05, 0.1) is 0 Å². The summed E-state index contributed by atoms with van der Waals surface area (Å²) in [6, 6.07) is 4.05. The average Bonchev–Trinajstić information content (AvgIpc) is 2.42. The minimum absolute atomic E-state index is 0.166. The second-order valence-corrected chi connectivity index (χ2v) is 5.18. The third kappa shape index (κ3) is 2.79. The number of oxime groups is 1. The van der Waals surface area contributed by atoms with Crippen LogP contribution in [0.4, 0.5) is 0 Å². The Hall–Kier alpha value is -1.62. The molecule has 0 atom stereocenters. The first-order valence-electron chi connectivity index (χ1n) is 6.23. The van der Waals surface area contributed by atoms with Crippen molar-refractivity contribution in [2.24, 2.45) is 16.3 Å². The summed E-state index contributed by atoms with van der Waals surface area (Å²) in [5.41, 5.74) is 6.81. The van der Waals surface area contributed by atoms with E-state index in [1.54, 1.807) is 6.20 Å². The molecular weight excluding hydrogens is 228 g/mol. The van der Waals surface area contributed by atoms with Gasteiger partial charge in [-0.2, -0.15) is 0 Å². The summed E-state index contributed by atoms with van der Waals surface area (Å²) in [7, 11) is 0. The topological polar surface area (TPSA) is 74.7 Å². The van der Waals surface area contributed by atoms with Crippen molar-refractivity contribution in [2.45, 2.75) is 26.3 Å². The largest absolute Gasteiger partial charge is 0.409 e. The molecule has 98 valence electrons. The number of likely N-dealkylation sites (tertiary alicyclic amines) is 1. The molecule has 0 aliphatic carbocycles. The summed E-state index contributed by atoms with van der Waals surface area (Å²) in [5, 5.41) is 12.0. The van der Waals surface area contributed by atoms with Gasteiger partial charge in [-0.3, -0.25) is 9.88 Å². The van der Waals surface area contributed by atoms with Crippen LogP contribution in [0.25, 0.3) is 0 Å². The molecular formula is C13H20N4O. The van der Waals surface area contributed by atoms with Crippen LogP contribution in [0.5, 0.6) is 0 Å². The molecule has 0 bridgehead atoms. The van der Waals surface area contributed by atoms with Gasteiger partial charge in [0.1, 0.15) is 5.84 Å². The number of nitrogens with two attached hydrogens (primary N) is 1. The van der Waals surface area contributed by atoms with Crippen molar-refractivity contribution < 1.29 is 5.21 Å². The number of amidine groups is 1. The van der Waals surface area contributed by atoms with E-state index in [9.17, 15) is 0 Å². The molecule has 1 aliphatic heterocycles. The monoisotopic (exact) mass is 248 g/mol. The standard InChI is InChI=1S/C13H20N4O/c1-13(12(14)16-18)4-7-17(8-5-13)10-11-3-2-6-15-9-11/h2-3,6,9,18H,4-5,7-8,10H2,1H3,(H2,14,16). The van der Waals surface area contributed by atoms with Crippen molar-refractivity contribution in [1.29, 1.82) is 0 Å². The molecule has 1 aliphatic rings. The summed E-state index contributed by atoms with van der Waals surface area (Å²) >= 11 is 0. The molecule has 0 radical (unpaired) electrons. The van der Waals surface area contributed by atoms with Gasteiger partial charge in [-0.05, 0) is 37.6 Å². The van der Waals surface area contributed by atoms with Crippen molar-refractivity contribution >= 4 is 5.84 Å². The first kappa shape index (κ1) is 12.8. The predicted molar refractivity (Wildman–Crippen MR) is 70.3 cm³/mol. The van der Waals surface area contributed by atoms with Crippen LogP contribution in [0.15, 0.2) is 29.7 Å². The Morgan fingerprint density at radius 2 is 2.28 bits per heavy atom. The number of pyridine rings is 1. The number of nitrogens with zero attached hydrogens (tertiary/aromatic N) is 3. The highest BCUT2D eigenvalue weighted by Gasteiger charge is 2.34. The predicted octanol–water partition coefficient (Wildman–Crippen LogP) is 1.43. The van der Waals surface area contributed by atoms with E-state index >= 15 is 0 Å². The lowest BCUT2D eigenvalue weighted by atomic mass is 9.79. The molecule has 1 saturated heterocycles. The summed E-state index contributed by atoms with van der Waals surface area (Å²) in [6.45, 7) is 4.90. The number of piperidine rings is 1. The van der Waals surface area contributed by atoms with Crippen molar-refractivity contribution in [1.82, 2.24) is 9.88 Å². The fraction of sp³-hybridized carbons (Fsp3) is 0.538. The smallest absolute Gasteiger partial charge is 0.145 e. The van der Waals surface area contributed by atoms with Gasteiger partial charge in [-0.25, -0.2) is 0 Å². The Bertz CT molecular complexity index is 410. The van der Waals surface area contributed by atoms with Crippen LogP contribution in [0.2, 0.25) is 0 Å². The molecule has 0 saturated carbocycles. The minimum atomic E-state index is -0.166. The molecule has 5 nitrogen and oxygen atoms in total. The van der Waals surface area contributed by atoms with Crippen LogP contribution >= 0.6 is 0 Å². The molecule has 2 heterocycles. The zero-order valence-electron chi connectivity index (χ0n) is 10.7. The maximum atomic E-state index is 8.79. The molecule has 1 aromatic heterocycles. The second-order valence-electron chi connectivity index (χ2n) is 5.18. The third-order valence-electron chi connectivity index (χ3n) is 3.81. The summed E-state index contributed by atoms with van der Waals surface area (Å²) in [6.07, 6.45) is 5.53. The summed E-state index contributed by atoms with van der Waals surface area (Å²) in [4.78, 5) is 6.50. The second kappa shape index (κ2) is 5.35. The van der Waals surface area contributed by atoms with E-state index in [1.165, 1.54) is 5.56 Å². The molecule has 0 spiro atoms. The maximum Gasteiger partial charge on any atom is 0.145 e. The Morgan fingerprint density at radius 3 is 2.83 bits per heavy atom. The lowest BCUT2D eigenvalue weighted by molar-refractivity contribution is 0.153. The van der Waals surface area contributed by atoms with Crippen molar-refractivity contribution in [3.05, 3.63) is 30.1 Å². The highest BCUT2D eigenvalue weighted by Crippen LogP contribution is 2.31. The van der Waals surface area contributed by atoms with E-state index < -0.39 is 0 Å². The first-order valence-corrected chi connectivity index (χ1v) is 6.23. The van der Waals surface area contributed by atoms with E-state index in [2.05, 4.69) is 28.0 Å². The van der Waals surface area contributed by atoms with Gasteiger partial charge >= 0.3 is 0 Å². The van der Waals surface area contributed by atoms with Crippen molar-refractivity contribution in [2.75, 3.05) is 13.1 Å². The zero-order valence-corrected chi connectivity index (χ0v) is 10.7. The van der Waals surface area contributed by atoms with Gasteiger partial charge in [0.2, 0.25) is 0 Å². The fourth-order valence-corrected chi connectivity index (χ4v) is 2.33.